The third-order valence-electron chi connectivity index (χ3n) is 5.44. The number of imidazole rings is 1. The van der Waals surface area contributed by atoms with Gasteiger partial charge in [-0.3, -0.25) is 14.4 Å². The summed E-state index contributed by atoms with van der Waals surface area (Å²) in [6.45, 7) is 2.03. The lowest BCUT2D eigenvalue weighted by molar-refractivity contribution is 0.0770. The second-order valence-electron chi connectivity index (χ2n) is 7.89. The maximum Gasteiger partial charge on any atom is 0.255 e. The highest BCUT2D eigenvalue weighted by Crippen LogP contribution is 2.24. The molecule has 12 heteroatoms. The van der Waals surface area contributed by atoms with Gasteiger partial charge in [0.25, 0.3) is 5.91 Å². The summed E-state index contributed by atoms with van der Waals surface area (Å²) in [6.07, 6.45) is 4.67. The number of nitrogens with two attached hydrogens (primary N) is 2. The first-order valence-corrected chi connectivity index (χ1v) is 12.2. The van der Waals surface area contributed by atoms with Crippen LogP contribution in [-0.4, -0.2) is 58.4 Å². The van der Waals surface area contributed by atoms with Crippen molar-refractivity contribution in [2.24, 2.45) is 11.6 Å². The molecule has 0 unspecified atom stereocenters. The number of rotatable bonds is 5. The standard InChI is InChI=1S/C22H24FN7O3S/c1-15(24)21(30(25)18-5-3-17(23)4-6-18)19-13-29(14-27-19)20-7-2-16(12-26-20)22(31)28-8-10-34(32,33)11-9-28/h2-7,12-14H,8-11,24-25H2,1H3/b21-15-. The van der Waals surface area contributed by atoms with Gasteiger partial charge in [-0.15, -0.1) is 0 Å². The van der Waals surface area contributed by atoms with Crippen molar-refractivity contribution in [3.05, 3.63) is 77.9 Å². The van der Waals surface area contributed by atoms with Crippen LogP contribution in [0.15, 0.2) is 60.8 Å². The molecular formula is C22H24FN7O3S. The van der Waals surface area contributed by atoms with Crippen LogP contribution in [0.1, 0.15) is 23.0 Å². The smallest absolute Gasteiger partial charge is 0.255 e. The van der Waals surface area contributed by atoms with Gasteiger partial charge < -0.3 is 10.6 Å². The molecule has 0 bridgehead atoms. The van der Waals surface area contributed by atoms with E-state index in [2.05, 4.69) is 9.97 Å². The zero-order chi connectivity index (χ0) is 24.5. The summed E-state index contributed by atoms with van der Waals surface area (Å²) in [5.74, 6) is 6.04. The number of nitrogens with zero attached hydrogens (tertiary/aromatic N) is 5. The third-order valence-corrected chi connectivity index (χ3v) is 7.04. The van der Waals surface area contributed by atoms with Gasteiger partial charge in [-0.2, -0.15) is 0 Å². The van der Waals surface area contributed by atoms with Crippen LogP contribution in [0.3, 0.4) is 0 Å². The van der Waals surface area contributed by atoms with Crippen molar-refractivity contribution in [3.8, 4) is 5.82 Å². The minimum Gasteiger partial charge on any atom is -0.400 e. The first kappa shape index (κ1) is 23.4. The SMILES string of the molecule is C/C(N)=C(\c1cn(-c2ccc(C(=O)N3CCS(=O)(=O)CC3)cn2)cn1)N(N)c1ccc(F)cc1. The van der Waals surface area contributed by atoms with Crippen molar-refractivity contribution >= 4 is 27.1 Å². The monoisotopic (exact) mass is 485 g/mol. The maximum atomic E-state index is 13.3. The van der Waals surface area contributed by atoms with E-state index < -0.39 is 9.84 Å². The average Bonchev–Trinajstić information content (AvgIpc) is 3.28. The number of pyridine rings is 1. The predicted molar refractivity (Wildman–Crippen MR) is 126 cm³/mol. The normalized spacial score (nSPS) is 16.1. The molecule has 1 fully saturated rings. The number of aromatic nitrogens is 3. The Balaban J connectivity index is 1.52. The Morgan fingerprint density at radius 3 is 2.35 bits per heavy atom. The van der Waals surface area contributed by atoms with Gasteiger partial charge in [-0.1, -0.05) is 0 Å². The Kier molecular flexibility index (Phi) is 6.35. The van der Waals surface area contributed by atoms with Crippen LogP contribution >= 0.6 is 0 Å². The summed E-state index contributed by atoms with van der Waals surface area (Å²) < 4.78 is 38.1. The number of amides is 1. The molecule has 0 atom stereocenters. The van der Waals surface area contributed by atoms with Gasteiger partial charge >= 0.3 is 0 Å². The van der Waals surface area contributed by atoms with Gasteiger partial charge in [-0.25, -0.2) is 28.6 Å². The largest absolute Gasteiger partial charge is 0.400 e. The highest BCUT2D eigenvalue weighted by molar-refractivity contribution is 7.91. The van der Waals surface area contributed by atoms with E-state index >= 15 is 0 Å². The number of anilines is 1. The summed E-state index contributed by atoms with van der Waals surface area (Å²) in [5, 5.41) is 1.33. The topological polar surface area (TPSA) is 140 Å². The molecule has 10 nitrogen and oxygen atoms in total. The molecule has 178 valence electrons. The van der Waals surface area contributed by atoms with E-state index in [0.29, 0.717) is 34.2 Å². The Hall–Kier alpha value is -3.77. The van der Waals surface area contributed by atoms with Crippen LogP contribution in [0.5, 0.6) is 0 Å². The minimum absolute atomic E-state index is 0.0332. The number of hydrogen-bond donors (Lipinski definition) is 2. The summed E-state index contributed by atoms with van der Waals surface area (Å²) in [4.78, 5) is 22.9. The van der Waals surface area contributed by atoms with Gasteiger partial charge in [-0.05, 0) is 43.3 Å². The van der Waals surface area contributed by atoms with Crippen molar-refractivity contribution < 1.29 is 17.6 Å². The Labute approximate surface area is 196 Å². The molecule has 3 heterocycles. The fourth-order valence-corrected chi connectivity index (χ4v) is 4.78. The molecule has 0 radical (unpaired) electrons. The zero-order valence-electron chi connectivity index (χ0n) is 18.4. The third kappa shape index (κ3) is 4.92. The number of benzene rings is 1. The second kappa shape index (κ2) is 9.23. The van der Waals surface area contributed by atoms with E-state index in [9.17, 15) is 17.6 Å². The number of hydrogen-bond acceptors (Lipinski definition) is 8. The Morgan fingerprint density at radius 2 is 1.76 bits per heavy atom. The number of allylic oxidation sites excluding steroid dienone is 1. The fraction of sp³-hybridized carbons (Fsp3) is 0.227. The summed E-state index contributed by atoms with van der Waals surface area (Å²) in [6, 6.07) is 8.96. The molecular weight excluding hydrogens is 461 g/mol. The number of hydrazine groups is 1. The van der Waals surface area contributed by atoms with E-state index in [0.717, 1.165) is 0 Å². The Morgan fingerprint density at radius 1 is 1.09 bits per heavy atom. The van der Waals surface area contributed by atoms with Crippen LogP contribution in [-0.2, 0) is 9.84 Å². The Bertz CT molecular complexity index is 1320. The van der Waals surface area contributed by atoms with E-state index in [-0.39, 0.29) is 36.3 Å². The zero-order valence-corrected chi connectivity index (χ0v) is 19.2. The molecule has 1 saturated heterocycles. The highest BCUT2D eigenvalue weighted by Gasteiger charge is 2.26. The molecule has 0 spiro atoms. The molecule has 34 heavy (non-hydrogen) atoms. The molecule has 1 amide bonds. The van der Waals surface area contributed by atoms with Crippen molar-refractivity contribution in [1.29, 1.82) is 0 Å². The minimum atomic E-state index is -3.07. The molecule has 1 aliphatic rings. The molecule has 4 N–H and O–H groups in total. The molecule has 4 rings (SSSR count). The predicted octanol–water partition coefficient (Wildman–Crippen LogP) is 1.30. The van der Waals surface area contributed by atoms with Crippen molar-refractivity contribution in [3.63, 3.8) is 0 Å². The molecule has 0 aliphatic carbocycles. The average molecular weight is 486 g/mol. The van der Waals surface area contributed by atoms with E-state index in [1.165, 1.54) is 46.7 Å². The summed E-state index contributed by atoms with van der Waals surface area (Å²) in [5.41, 5.74) is 8.29. The number of halogens is 1. The van der Waals surface area contributed by atoms with Gasteiger partial charge in [0.1, 0.15) is 29.4 Å². The van der Waals surface area contributed by atoms with Crippen LogP contribution in [0.4, 0.5) is 10.1 Å². The quantitative estimate of drug-likeness (QED) is 0.407. The van der Waals surface area contributed by atoms with Crippen LogP contribution in [0, 0.1) is 5.82 Å². The van der Waals surface area contributed by atoms with E-state index in [1.807, 2.05) is 0 Å². The lowest BCUT2D eigenvalue weighted by Crippen LogP contribution is -2.43. The van der Waals surface area contributed by atoms with Gasteiger partial charge in [0, 0.05) is 31.2 Å². The fourth-order valence-electron chi connectivity index (χ4n) is 3.58. The van der Waals surface area contributed by atoms with Gasteiger partial charge in [0.05, 0.1) is 22.8 Å². The van der Waals surface area contributed by atoms with Gasteiger partial charge in [0.2, 0.25) is 0 Å². The van der Waals surface area contributed by atoms with Crippen molar-refractivity contribution in [2.45, 2.75) is 6.92 Å². The molecule has 2 aromatic heterocycles. The number of carbonyl (C=O) groups excluding carboxylic acids is 1. The molecule has 1 aliphatic heterocycles. The summed E-state index contributed by atoms with van der Waals surface area (Å²) in [7, 11) is -3.07. The summed E-state index contributed by atoms with van der Waals surface area (Å²) >= 11 is 0. The van der Waals surface area contributed by atoms with Crippen LogP contribution in [0.25, 0.3) is 11.5 Å². The molecule has 1 aromatic carbocycles. The van der Waals surface area contributed by atoms with E-state index in [4.69, 9.17) is 11.6 Å². The van der Waals surface area contributed by atoms with E-state index in [1.54, 1.807) is 29.8 Å². The van der Waals surface area contributed by atoms with Crippen molar-refractivity contribution in [1.82, 2.24) is 19.4 Å². The van der Waals surface area contributed by atoms with Crippen LogP contribution < -0.4 is 16.6 Å². The number of carbonyl (C=O) groups is 1. The maximum absolute atomic E-state index is 13.3. The lowest BCUT2D eigenvalue weighted by atomic mass is 10.2. The first-order valence-electron chi connectivity index (χ1n) is 10.4. The number of sulfone groups is 1. The second-order valence-corrected chi connectivity index (χ2v) is 10.2. The van der Waals surface area contributed by atoms with Crippen molar-refractivity contribution in [2.75, 3.05) is 29.6 Å². The lowest BCUT2D eigenvalue weighted by Gasteiger charge is -2.26. The first-order chi connectivity index (χ1) is 16.1. The van der Waals surface area contributed by atoms with Gasteiger partial charge in [0.15, 0.2) is 9.84 Å². The molecule has 0 saturated carbocycles. The highest BCUT2D eigenvalue weighted by atomic mass is 32.2. The van der Waals surface area contributed by atoms with Crippen LogP contribution in [0.2, 0.25) is 0 Å². The molecule has 3 aromatic rings.